The third-order valence-corrected chi connectivity index (χ3v) is 3.18. The van der Waals surface area contributed by atoms with E-state index in [1.54, 1.807) is 24.3 Å². The van der Waals surface area contributed by atoms with E-state index in [0.717, 1.165) is 4.57 Å². The van der Waals surface area contributed by atoms with Gasteiger partial charge in [0.1, 0.15) is 0 Å². The van der Waals surface area contributed by atoms with Crippen LogP contribution in [0.25, 0.3) is 6.08 Å². The molecule has 0 atom stereocenters. The molecule has 0 fully saturated rings. The average molecular weight is 309 g/mol. The molecule has 0 aliphatic carbocycles. The van der Waals surface area contributed by atoms with Gasteiger partial charge in [-0.1, -0.05) is 12.0 Å². The second-order valence-corrected chi connectivity index (χ2v) is 4.89. The molecular formula is C17H15N3O3. The maximum Gasteiger partial charge on any atom is 0.330 e. The molecule has 0 bridgehead atoms. The minimum Gasteiger partial charge on any atom is -0.322 e. The molecule has 2 rings (SSSR count). The van der Waals surface area contributed by atoms with E-state index in [2.05, 4.69) is 11.2 Å². The Hall–Kier alpha value is -3.33. The molecule has 6 heteroatoms. The zero-order valence-corrected chi connectivity index (χ0v) is 12.7. The molecule has 2 aromatic rings. The van der Waals surface area contributed by atoms with Gasteiger partial charge in [0.05, 0.1) is 5.56 Å². The van der Waals surface area contributed by atoms with Crippen LogP contribution < -0.4 is 16.6 Å². The molecule has 6 nitrogen and oxygen atoms in total. The quantitative estimate of drug-likeness (QED) is 0.670. The lowest BCUT2D eigenvalue weighted by molar-refractivity contribution is -0.111. The topological polar surface area (TPSA) is 73.1 Å². The van der Waals surface area contributed by atoms with Gasteiger partial charge in [0, 0.05) is 37.6 Å². The number of aromatic nitrogens is 2. The Morgan fingerprint density at radius 2 is 2.04 bits per heavy atom. The van der Waals surface area contributed by atoms with Crippen molar-refractivity contribution in [1.82, 2.24) is 9.13 Å². The summed E-state index contributed by atoms with van der Waals surface area (Å²) in [7, 11) is 2.91. The molecule has 1 amide bonds. The number of rotatable bonds is 3. The summed E-state index contributed by atoms with van der Waals surface area (Å²) in [6.45, 7) is 0. The van der Waals surface area contributed by atoms with Crippen molar-refractivity contribution in [2.75, 3.05) is 5.32 Å². The fraction of sp³-hybridized carbons (Fsp3) is 0.118. The first kappa shape index (κ1) is 16.0. The molecule has 1 aromatic carbocycles. The highest BCUT2D eigenvalue weighted by Crippen LogP contribution is 2.09. The van der Waals surface area contributed by atoms with Crippen LogP contribution in [-0.2, 0) is 18.9 Å². The first-order valence-corrected chi connectivity index (χ1v) is 6.75. The Kier molecular flexibility index (Phi) is 4.62. The molecular weight excluding hydrogens is 294 g/mol. The van der Waals surface area contributed by atoms with E-state index in [1.807, 2.05) is 0 Å². The maximum absolute atomic E-state index is 11.9. The van der Waals surface area contributed by atoms with Crippen molar-refractivity contribution in [1.29, 1.82) is 0 Å². The van der Waals surface area contributed by atoms with Gasteiger partial charge in [-0.2, -0.15) is 0 Å². The predicted octanol–water partition coefficient (Wildman–Crippen LogP) is 0.717. The number of terminal acetylenes is 1. The first-order valence-electron chi connectivity index (χ1n) is 6.75. The molecule has 0 unspecified atom stereocenters. The van der Waals surface area contributed by atoms with Crippen LogP contribution in [0, 0.1) is 12.3 Å². The van der Waals surface area contributed by atoms with Crippen LogP contribution in [0.5, 0.6) is 0 Å². The molecule has 1 N–H and O–H groups in total. The number of nitrogens with one attached hydrogen (secondary N) is 1. The van der Waals surface area contributed by atoms with Crippen molar-refractivity contribution >= 4 is 17.7 Å². The van der Waals surface area contributed by atoms with Gasteiger partial charge in [0.15, 0.2) is 0 Å². The molecule has 0 saturated heterocycles. The molecule has 1 heterocycles. The predicted molar refractivity (Wildman–Crippen MR) is 89.0 cm³/mol. The summed E-state index contributed by atoms with van der Waals surface area (Å²) in [4.78, 5) is 35.4. The zero-order chi connectivity index (χ0) is 17.0. The molecule has 0 saturated carbocycles. The number of hydrogen-bond acceptors (Lipinski definition) is 3. The summed E-state index contributed by atoms with van der Waals surface area (Å²) in [6.07, 6.45) is 9.27. The monoisotopic (exact) mass is 309 g/mol. The summed E-state index contributed by atoms with van der Waals surface area (Å²) in [6, 6.07) is 6.85. The van der Waals surface area contributed by atoms with Crippen LogP contribution in [0.4, 0.5) is 5.69 Å². The standard InChI is InChI=1S/C17H15N3O3/c1-4-12-6-5-7-14(10-12)18-15(21)9-8-13-11-19(2)17(23)20(3)16(13)22/h1,5-11H,2-3H3,(H,18,21)/b9-8+. The third kappa shape index (κ3) is 3.66. The number of amides is 1. The van der Waals surface area contributed by atoms with E-state index in [9.17, 15) is 14.4 Å². The summed E-state index contributed by atoms with van der Waals surface area (Å²) in [5.41, 5.74) is 0.554. The highest BCUT2D eigenvalue weighted by atomic mass is 16.2. The Labute approximate surface area is 132 Å². The number of benzene rings is 1. The van der Waals surface area contributed by atoms with E-state index < -0.39 is 17.2 Å². The van der Waals surface area contributed by atoms with Gasteiger partial charge >= 0.3 is 5.69 Å². The third-order valence-electron chi connectivity index (χ3n) is 3.18. The molecule has 116 valence electrons. The molecule has 1 aromatic heterocycles. The maximum atomic E-state index is 11.9. The summed E-state index contributed by atoms with van der Waals surface area (Å²) in [5.74, 6) is 2.07. The Bertz CT molecular complexity index is 943. The summed E-state index contributed by atoms with van der Waals surface area (Å²) >= 11 is 0. The largest absolute Gasteiger partial charge is 0.330 e. The molecule has 0 spiro atoms. The minimum absolute atomic E-state index is 0.238. The van der Waals surface area contributed by atoms with E-state index in [-0.39, 0.29) is 5.56 Å². The van der Waals surface area contributed by atoms with Crippen LogP contribution >= 0.6 is 0 Å². The second-order valence-electron chi connectivity index (χ2n) is 4.89. The highest BCUT2D eigenvalue weighted by molar-refractivity contribution is 6.01. The van der Waals surface area contributed by atoms with Gasteiger partial charge in [0.25, 0.3) is 5.56 Å². The highest BCUT2D eigenvalue weighted by Gasteiger charge is 2.05. The average Bonchev–Trinajstić information content (AvgIpc) is 2.55. The van der Waals surface area contributed by atoms with Gasteiger partial charge in [-0.15, -0.1) is 6.42 Å². The number of anilines is 1. The smallest absolute Gasteiger partial charge is 0.322 e. The van der Waals surface area contributed by atoms with Gasteiger partial charge in [-0.05, 0) is 24.3 Å². The lowest BCUT2D eigenvalue weighted by Crippen LogP contribution is -2.37. The van der Waals surface area contributed by atoms with E-state index >= 15 is 0 Å². The number of hydrogen-bond donors (Lipinski definition) is 1. The van der Waals surface area contributed by atoms with Crippen molar-refractivity contribution in [2.45, 2.75) is 0 Å². The Morgan fingerprint density at radius 1 is 1.30 bits per heavy atom. The lowest BCUT2D eigenvalue weighted by Gasteiger charge is -2.04. The van der Waals surface area contributed by atoms with E-state index in [1.165, 1.54) is 37.0 Å². The van der Waals surface area contributed by atoms with Gasteiger partial charge in [-0.3, -0.25) is 14.2 Å². The number of carbonyl (C=O) groups excluding carboxylic acids is 1. The van der Waals surface area contributed by atoms with Crippen LogP contribution in [0.2, 0.25) is 0 Å². The van der Waals surface area contributed by atoms with Crippen molar-refractivity contribution in [3.8, 4) is 12.3 Å². The van der Waals surface area contributed by atoms with Crippen molar-refractivity contribution < 1.29 is 4.79 Å². The minimum atomic E-state index is -0.466. The molecule has 0 aliphatic rings. The van der Waals surface area contributed by atoms with Gasteiger partial charge in [-0.25, -0.2) is 4.79 Å². The molecule has 0 radical (unpaired) electrons. The number of carbonyl (C=O) groups is 1. The van der Waals surface area contributed by atoms with Crippen molar-refractivity contribution in [3.63, 3.8) is 0 Å². The normalized spacial score (nSPS) is 10.5. The first-order chi connectivity index (χ1) is 10.9. The fourth-order valence-corrected chi connectivity index (χ4v) is 1.99. The molecule has 0 aliphatic heterocycles. The van der Waals surface area contributed by atoms with Crippen molar-refractivity contribution in [3.05, 3.63) is 68.5 Å². The fourth-order valence-electron chi connectivity index (χ4n) is 1.99. The van der Waals surface area contributed by atoms with Gasteiger partial charge < -0.3 is 9.88 Å². The second kappa shape index (κ2) is 6.62. The van der Waals surface area contributed by atoms with E-state index in [0.29, 0.717) is 11.3 Å². The van der Waals surface area contributed by atoms with Crippen molar-refractivity contribution in [2.24, 2.45) is 14.1 Å². The van der Waals surface area contributed by atoms with Crippen LogP contribution in [0.3, 0.4) is 0 Å². The summed E-state index contributed by atoms with van der Waals surface area (Å²) in [5, 5.41) is 2.65. The number of nitrogens with zero attached hydrogens (tertiary/aromatic N) is 2. The zero-order valence-electron chi connectivity index (χ0n) is 12.7. The lowest BCUT2D eigenvalue weighted by atomic mass is 10.2. The van der Waals surface area contributed by atoms with Crippen LogP contribution in [0.15, 0.2) is 46.1 Å². The SMILES string of the molecule is C#Cc1cccc(NC(=O)/C=C/c2cn(C)c(=O)n(C)c2=O)c1. The van der Waals surface area contributed by atoms with Crippen LogP contribution in [0.1, 0.15) is 11.1 Å². The van der Waals surface area contributed by atoms with Gasteiger partial charge in [0.2, 0.25) is 5.91 Å². The Balaban J connectivity index is 2.21. The van der Waals surface area contributed by atoms with E-state index in [4.69, 9.17) is 6.42 Å². The Morgan fingerprint density at radius 3 is 2.74 bits per heavy atom. The molecule has 23 heavy (non-hydrogen) atoms. The summed E-state index contributed by atoms with van der Waals surface area (Å²) < 4.78 is 2.25. The van der Waals surface area contributed by atoms with Crippen LogP contribution in [-0.4, -0.2) is 15.0 Å². The number of aryl methyl sites for hydroxylation is 1.